The number of hydrogen-bond acceptors (Lipinski definition) is 2. The molecule has 1 aromatic rings. The predicted molar refractivity (Wildman–Crippen MR) is 58.0 cm³/mol. The molecule has 1 fully saturated rings. The lowest BCUT2D eigenvalue weighted by Crippen LogP contribution is -2.08. The molecule has 0 aliphatic carbocycles. The number of benzene rings is 1. The zero-order chi connectivity index (χ0) is 9.97. The summed E-state index contributed by atoms with van der Waals surface area (Å²) in [4.78, 5) is 0. The van der Waals surface area contributed by atoms with Crippen LogP contribution in [0.5, 0.6) is 5.75 Å². The zero-order valence-electron chi connectivity index (χ0n) is 8.84. The van der Waals surface area contributed by atoms with Gasteiger partial charge in [0.2, 0.25) is 0 Å². The second kappa shape index (κ2) is 4.01. The Balaban J connectivity index is 2.27. The van der Waals surface area contributed by atoms with Crippen LogP contribution >= 0.6 is 0 Å². The van der Waals surface area contributed by atoms with E-state index in [4.69, 9.17) is 4.74 Å². The first-order valence-electron chi connectivity index (χ1n) is 5.16. The number of rotatable bonds is 2. The molecule has 1 N–H and O–H groups in total. The summed E-state index contributed by atoms with van der Waals surface area (Å²) < 4.78 is 5.27. The van der Waals surface area contributed by atoms with Crippen molar-refractivity contribution in [3.05, 3.63) is 29.3 Å². The average molecular weight is 191 g/mol. The van der Waals surface area contributed by atoms with E-state index in [9.17, 15) is 0 Å². The predicted octanol–water partition coefficient (Wildman–Crippen LogP) is 2.08. The van der Waals surface area contributed by atoms with Gasteiger partial charge in [0.25, 0.3) is 0 Å². The maximum absolute atomic E-state index is 5.27. The van der Waals surface area contributed by atoms with Gasteiger partial charge in [-0.1, -0.05) is 6.07 Å². The van der Waals surface area contributed by atoms with Crippen molar-refractivity contribution in [2.24, 2.45) is 0 Å². The molecule has 76 valence electrons. The minimum absolute atomic E-state index is 0.670. The minimum Gasteiger partial charge on any atom is -0.497 e. The van der Waals surface area contributed by atoms with Crippen molar-refractivity contribution in [2.75, 3.05) is 20.2 Å². The summed E-state index contributed by atoms with van der Waals surface area (Å²) in [5.74, 6) is 1.65. The van der Waals surface area contributed by atoms with Crippen LogP contribution in [0.1, 0.15) is 23.5 Å². The van der Waals surface area contributed by atoms with Gasteiger partial charge in [-0.15, -0.1) is 0 Å². The van der Waals surface area contributed by atoms with Crippen molar-refractivity contribution in [3.8, 4) is 5.75 Å². The highest BCUT2D eigenvalue weighted by Crippen LogP contribution is 2.26. The molecule has 0 amide bonds. The van der Waals surface area contributed by atoms with Crippen LogP contribution in [0.25, 0.3) is 0 Å². The summed E-state index contributed by atoms with van der Waals surface area (Å²) in [7, 11) is 1.73. The normalized spacial score (nSPS) is 21.1. The number of aryl methyl sites for hydroxylation is 1. The zero-order valence-corrected chi connectivity index (χ0v) is 8.84. The highest BCUT2D eigenvalue weighted by molar-refractivity contribution is 5.36. The third kappa shape index (κ3) is 1.90. The van der Waals surface area contributed by atoms with Gasteiger partial charge in [0, 0.05) is 6.54 Å². The van der Waals surface area contributed by atoms with Crippen molar-refractivity contribution in [1.29, 1.82) is 0 Å². The van der Waals surface area contributed by atoms with Crippen LogP contribution in [0.3, 0.4) is 0 Å². The van der Waals surface area contributed by atoms with Crippen LogP contribution in [0.2, 0.25) is 0 Å². The van der Waals surface area contributed by atoms with E-state index in [-0.39, 0.29) is 0 Å². The van der Waals surface area contributed by atoms with Crippen LogP contribution in [0, 0.1) is 6.92 Å². The fourth-order valence-electron chi connectivity index (χ4n) is 2.07. The van der Waals surface area contributed by atoms with Gasteiger partial charge in [-0.2, -0.15) is 0 Å². The van der Waals surface area contributed by atoms with Gasteiger partial charge < -0.3 is 10.1 Å². The van der Waals surface area contributed by atoms with Crippen molar-refractivity contribution < 1.29 is 4.74 Å². The van der Waals surface area contributed by atoms with Crippen LogP contribution in [0.15, 0.2) is 18.2 Å². The Morgan fingerprint density at radius 2 is 2.21 bits per heavy atom. The summed E-state index contributed by atoms with van der Waals surface area (Å²) >= 11 is 0. The molecule has 1 aliphatic heterocycles. The van der Waals surface area contributed by atoms with Gasteiger partial charge in [0.1, 0.15) is 5.75 Å². The molecule has 0 unspecified atom stereocenters. The molecule has 0 spiro atoms. The maximum atomic E-state index is 5.27. The average Bonchev–Trinajstić information content (AvgIpc) is 2.69. The van der Waals surface area contributed by atoms with Crippen LogP contribution in [-0.2, 0) is 0 Å². The van der Waals surface area contributed by atoms with Crippen molar-refractivity contribution in [1.82, 2.24) is 5.32 Å². The highest BCUT2D eigenvalue weighted by Gasteiger charge is 2.17. The van der Waals surface area contributed by atoms with Crippen molar-refractivity contribution in [2.45, 2.75) is 19.3 Å². The molecule has 1 saturated heterocycles. The lowest BCUT2D eigenvalue weighted by molar-refractivity contribution is 0.413. The van der Waals surface area contributed by atoms with E-state index in [0.717, 1.165) is 18.8 Å². The minimum atomic E-state index is 0.670. The largest absolute Gasteiger partial charge is 0.497 e. The van der Waals surface area contributed by atoms with Crippen LogP contribution in [-0.4, -0.2) is 20.2 Å². The van der Waals surface area contributed by atoms with Gasteiger partial charge in [-0.25, -0.2) is 0 Å². The molecule has 1 heterocycles. The van der Waals surface area contributed by atoms with E-state index in [1.54, 1.807) is 7.11 Å². The van der Waals surface area contributed by atoms with E-state index >= 15 is 0 Å². The Bertz CT molecular complexity index is 316. The van der Waals surface area contributed by atoms with Crippen LogP contribution < -0.4 is 10.1 Å². The Morgan fingerprint density at radius 1 is 1.36 bits per heavy atom. The number of ether oxygens (including phenoxy) is 1. The second-order valence-electron chi connectivity index (χ2n) is 3.97. The third-order valence-electron chi connectivity index (χ3n) is 2.84. The maximum Gasteiger partial charge on any atom is 0.119 e. The molecule has 0 saturated carbocycles. The molecule has 2 heteroatoms. The standard InChI is InChI=1S/C12H17NO/c1-9-5-11(7-12(6-9)14-2)10-3-4-13-8-10/h5-7,10,13H,3-4,8H2,1-2H3/t10-/m1/s1. The number of methoxy groups -OCH3 is 1. The molecule has 2 nitrogen and oxygen atoms in total. The molecule has 0 radical (unpaired) electrons. The van der Waals surface area contributed by atoms with E-state index in [2.05, 4.69) is 30.4 Å². The van der Waals surface area contributed by atoms with Gasteiger partial charge >= 0.3 is 0 Å². The summed E-state index contributed by atoms with van der Waals surface area (Å²) in [5.41, 5.74) is 2.69. The Hall–Kier alpha value is -1.02. The van der Waals surface area contributed by atoms with E-state index < -0.39 is 0 Å². The highest BCUT2D eigenvalue weighted by atomic mass is 16.5. The van der Waals surface area contributed by atoms with Crippen molar-refractivity contribution in [3.63, 3.8) is 0 Å². The van der Waals surface area contributed by atoms with E-state index in [1.165, 1.54) is 17.5 Å². The first-order valence-corrected chi connectivity index (χ1v) is 5.16. The first kappa shape index (κ1) is 9.53. The third-order valence-corrected chi connectivity index (χ3v) is 2.84. The topological polar surface area (TPSA) is 21.3 Å². The van der Waals surface area contributed by atoms with Gasteiger partial charge in [0.05, 0.1) is 7.11 Å². The molecule has 14 heavy (non-hydrogen) atoms. The summed E-state index contributed by atoms with van der Waals surface area (Å²) in [6.07, 6.45) is 1.24. The lowest BCUT2D eigenvalue weighted by Gasteiger charge is -2.11. The molecule has 0 bridgehead atoms. The monoisotopic (exact) mass is 191 g/mol. The fraction of sp³-hybridized carbons (Fsp3) is 0.500. The number of nitrogens with one attached hydrogen (secondary N) is 1. The van der Waals surface area contributed by atoms with Gasteiger partial charge in [-0.3, -0.25) is 0 Å². The summed E-state index contributed by atoms with van der Waals surface area (Å²) in [6, 6.07) is 6.50. The van der Waals surface area contributed by atoms with Crippen LogP contribution in [0.4, 0.5) is 0 Å². The Morgan fingerprint density at radius 3 is 2.86 bits per heavy atom. The molecular formula is C12H17NO. The lowest BCUT2D eigenvalue weighted by atomic mass is 9.96. The molecule has 2 rings (SSSR count). The quantitative estimate of drug-likeness (QED) is 0.772. The fourth-order valence-corrected chi connectivity index (χ4v) is 2.07. The molecular weight excluding hydrogens is 174 g/mol. The smallest absolute Gasteiger partial charge is 0.119 e. The van der Waals surface area contributed by atoms with E-state index in [0.29, 0.717) is 5.92 Å². The molecule has 0 aromatic heterocycles. The van der Waals surface area contributed by atoms with Gasteiger partial charge in [-0.05, 0) is 49.1 Å². The molecule has 1 aromatic carbocycles. The second-order valence-corrected chi connectivity index (χ2v) is 3.97. The molecule has 1 aliphatic rings. The first-order chi connectivity index (χ1) is 6.79. The number of hydrogen-bond donors (Lipinski definition) is 1. The summed E-state index contributed by atoms with van der Waals surface area (Å²) in [5, 5.41) is 3.39. The van der Waals surface area contributed by atoms with E-state index in [1.807, 2.05) is 0 Å². The SMILES string of the molecule is COc1cc(C)cc([C@@H]2CCNC2)c1. The Kier molecular flexibility index (Phi) is 2.73. The molecule has 1 atom stereocenters. The van der Waals surface area contributed by atoms with Crippen molar-refractivity contribution >= 4 is 0 Å². The Labute approximate surface area is 85.3 Å². The van der Waals surface area contributed by atoms with Gasteiger partial charge in [0.15, 0.2) is 0 Å². The summed E-state index contributed by atoms with van der Waals surface area (Å²) in [6.45, 7) is 4.36.